The van der Waals surface area contributed by atoms with Crippen LogP contribution in [0.4, 0.5) is 5.82 Å². The molecular weight excluding hydrogens is 286 g/mol. The highest BCUT2D eigenvalue weighted by molar-refractivity contribution is 7.99. The molecule has 1 aliphatic rings. The van der Waals surface area contributed by atoms with E-state index in [0.717, 1.165) is 30.8 Å². The largest absolute Gasteiger partial charge is 0.461 e. The van der Waals surface area contributed by atoms with E-state index in [9.17, 15) is 4.79 Å². The van der Waals surface area contributed by atoms with Gasteiger partial charge in [0.25, 0.3) is 0 Å². The summed E-state index contributed by atoms with van der Waals surface area (Å²) in [6, 6.07) is 0.361. The fourth-order valence-electron chi connectivity index (χ4n) is 3.04. The van der Waals surface area contributed by atoms with E-state index in [1.807, 2.05) is 18.7 Å². The third-order valence-electron chi connectivity index (χ3n) is 3.93. The smallest absolute Gasteiger partial charge is 0.360 e. The molecule has 1 heterocycles. The number of nitrogens with two attached hydrogens (primary N) is 1. The molecule has 2 unspecified atom stereocenters. The van der Waals surface area contributed by atoms with Crippen LogP contribution in [0.3, 0.4) is 0 Å². The monoisotopic (exact) mass is 311 g/mol. The van der Waals surface area contributed by atoms with E-state index in [1.165, 1.54) is 6.42 Å². The summed E-state index contributed by atoms with van der Waals surface area (Å²) < 4.78 is 7.12. The SMILES string of the molecule is CCOC(=O)c1nc(CC)n(C2CCC(SCC)C2)c1N. The number of aromatic nitrogens is 2. The first-order chi connectivity index (χ1) is 10.1. The molecule has 1 aromatic heterocycles. The first-order valence-electron chi connectivity index (χ1n) is 7.77. The third-order valence-corrected chi connectivity index (χ3v) is 5.16. The van der Waals surface area contributed by atoms with E-state index in [4.69, 9.17) is 10.5 Å². The number of hydrogen-bond acceptors (Lipinski definition) is 5. The highest BCUT2D eigenvalue weighted by atomic mass is 32.2. The molecule has 0 bridgehead atoms. The number of carbonyl (C=O) groups is 1. The molecule has 5 nitrogen and oxygen atoms in total. The van der Waals surface area contributed by atoms with Crippen LogP contribution in [0.1, 0.15) is 62.4 Å². The lowest BCUT2D eigenvalue weighted by Crippen LogP contribution is -2.14. The molecule has 0 aliphatic heterocycles. The van der Waals surface area contributed by atoms with Gasteiger partial charge in [0.05, 0.1) is 6.61 Å². The number of thioether (sulfide) groups is 1. The van der Waals surface area contributed by atoms with Crippen molar-refractivity contribution in [1.82, 2.24) is 9.55 Å². The topological polar surface area (TPSA) is 70.1 Å². The summed E-state index contributed by atoms with van der Waals surface area (Å²) in [4.78, 5) is 16.4. The number of nitrogens with zero attached hydrogens (tertiary/aromatic N) is 2. The number of aryl methyl sites for hydroxylation is 1. The average Bonchev–Trinajstić information content (AvgIpc) is 3.03. The fraction of sp³-hybridized carbons (Fsp3) is 0.733. The summed E-state index contributed by atoms with van der Waals surface area (Å²) in [6.07, 6.45) is 4.19. The van der Waals surface area contributed by atoms with E-state index in [1.54, 1.807) is 6.92 Å². The van der Waals surface area contributed by atoms with Crippen molar-refractivity contribution in [1.29, 1.82) is 0 Å². The van der Waals surface area contributed by atoms with Gasteiger partial charge in [-0.3, -0.25) is 0 Å². The number of anilines is 1. The molecule has 2 rings (SSSR count). The van der Waals surface area contributed by atoms with Crippen LogP contribution in [0, 0.1) is 0 Å². The molecule has 1 aliphatic carbocycles. The van der Waals surface area contributed by atoms with Gasteiger partial charge in [-0.2, -0.15) is 11.8 Å². The van der Waals surface area contributed by atoms with Gasteiger partial charge in [-0.05, 0) is 31.9 Å². The molecule has 0 radical (unpaired) electrons. The van der Waals surface area contributed by atoms with E-state index in [0.29, 0.717) is 23.7 Å². The van der Waals surface area contributed by atoms with Gasteiger partial charge in [0.2, 0.25) is 0 Å². The maximum absolute atomic E-state index is 11.9. The molecule has 0 amide bonds. The second kappa shape index (κ2) is 7.20. The zero-order valence-electron chi connectivity index (χ0n) is 13.1. The number of carbonyl (C=O) groups excluding carboxylic acids is 1. The van der Waals surface area contributed by atoms with Crippen LogP contribution in [0.2, 0.25) is 0 Å². The highest BCUT2D eigenvalue weighted by Crippen LogP contribution is 2.39. The zero-order valence-corrected chi connectivity index (χ0v) is 13.9. The van der Waals surface area contributed by atoms with Crippen molar-refractivity contribution in [3.63, 3.8) is 0 Å². The van der Waals surface area contributed by atoms with Crippen molar-refractivity contribution in [3.05, 3.63) is 11.5 Å². The summed E-state index contributed by atoms with van der Waals surface area (Å²) >= 11 is 2.01. The summed E-state index contributed by atoms with van der Waals surface area (Å²) in [7, 11) is 0. The van der Waals surface area contributed by atoms with E-state index in [-0.39, 0.29) is 5.69 Å². The third kappa shape index (κ3) is 3.36. The lowest BCUT2D eigenvalue weighted by atomic mass is 10.2. The summed E-state index contributed by atoms with van der Waals surface area (Å²) in [5.41, 5.74) is 6.48. The first-order valence-corrected chi connectivity index (χ1v) is 8.82. The maximum atomic E-state index is 11.9. The minimum Gasteiger partial charge on any atom is -0.461 e. The Hall–Kier alpha value is -1.17. The molecule has 6 heteroatoms. The van der Waals surface area contributed by atoms with Gasteiger partial charge >= 0.3 is 5.97 Å². The highest BCUT2D eigenvalue weighted by Gasteiger charge is 2.31. The number of imidazole rings is 1. The number of ether oxygens (including phenoxy) is 1. The Morgan fingerprint density at radius 3 is 2.81 bits per heavy atom. The molecule has 1 saturated carbocycles. The minimum atomic E-state index is -0.416. The van der Waals surface area contributed by atoms with Gasteiger partial charge in [0.15, 0.2) is 5.69 Å². The number of rotatable bonds is 6. The van der Waals surface area contributed by atoms with E-state index >= 15 is 0 Å². The van der Waals surface area contributed by atoms with Gasteiger partial charge in [-0.25, -0.2) is 9.78 Å². The number of esters is 1. The van der Waals surface area contributed by atoms with Crippen LogP contribution in [0.5, 0.6) is 0 Å². The maximum Gasteiger partial charge on any atom is 0.360 e. The minimum absolute atomic E-state index is 0.278. The molecule has 1 fully saturated rings. The Morgan fingerprint density at radius 1 is 1.43 bits per heavy atom. The first kappa shape index (κ1) is 16.2. The molecule has 2 atom stereocenters. The molecule has 2 N–H and O–H groups in total. The molecule has 0 saturated heterocycles. The summed E-state index contributed by atoms with van der Waals surface area (Å²) in [5, 5.41) is 0.692. The van der Waals surface area contributed by atoms with Crippen molar-refractivity contribution >= 4 is 23.5 Å². The van der Waals surface area contributed by atoms with Gasteiger partial charge < -0.3 is 15.0 Å². The van der Waals surface area contributed by atoms with Gasteiger partial charge in [0.1, 0.15) is 11.6 Å². The lowest BCUT2D eigenvalue weighted by Gasteiger charge is -2.17. The van der Waals surface area contributed by atoms with Crippen LogP contribution in [-0.4, -0.2) is 33.1 Å². The van der Waals surface area contributed by atoms with Crippen molar-refractivity contribution in [3.8, 4) is 0 Å². The number of nitrogen functional groups attached to an aromatic ring is 1. The molecule has 21 heavy (non-hydrogen) atoms. The molecule has 118 valence electrons. The quantitative estimate of drug-likeness (QED) is 0.818. The Bertz CT molecular complexity index is 501. The fourth-order valence-corrected chi connectivity index (χ4v) is 4.17. The van der Waals surface area contributed by atoms with Crippen LogP contribution >= 0.6 is 11.8 Å². The average molecular weight is 311 g/mol. The van der Waals surface area contributed by atoms with Crippen molar-refractivity contribution < 1.29 is 9.53 Å². The Labute approximate surface area is 130 Å². The summed E-state index contributed by atoms with van der Waals surface area (Å²) in [5.74, 6) is 2.09. The molecule has 0 spiro atoms. The van der Waals surface area contributed by atoms with Gasteiger partial charge in [-0.1, -0.05) is 13.8 Å². The van der Waals surface area contributed by atoms with Crippen molar-refractivity contribution in [2.45, 2.75) is 57.7 Å². The lowest BCUT2D eigenvalue weighted by molar-refractivity contribution is 0.0521. The van der Waals surface area contributed by atoms with Gasteiger partial charge in [-0.15, -0.1) is 0 Å². The Morgan fingerprint density at radius 2 is 2.19 bits per heavy atom. The Kier molecular flexibility index (Phi) is 5.56. The number of hydrogen-bond donors (Lipinski definition) is 1. The predicted octanol–water partition coefficient (Wildman–Crippen LogP) is 3.05. The predicted molar refractivity (Wildman–Crippen MR) is 86.8 cm³/mol. The van der Waals surface area contributed by atoms with Crippen LogP contribution < -0.4 is 5.73 Å². The van der Waals surface area contributed by atoms with Gasteiger partial charge in [0, 0.05) is 17.7 Å². The summed E-state index contributed by atoms with van der Waals surface area (Å²) in [6.45, 7) is 6.36. The van der Waals surface area contributed by atoms with Crippen LogP contribution in [0.15, 0.2) is 0 Å². The van der Waals surface area contributed by atoms with E-state index < -0.39 is 5.97 Å². The molecule has 0 aromatic carbocycles. The second-order valence-electron chi connectivity index (χ2n) is 5.25. The van der Waals surface area contributed by atoms with Crippen LogP contribution in [0.25, 0.3) is 0 Å². The standard InChI is InChI=1S/C15H25N3O2S/c1-4-12-17-13(15(19)20-5-2)14(16)18(12)10-7-8-11(9-10)21-6-3/h10-11H,4-9,16H2,1-3H3. The normalized spacial score (nSPS) is 21.7. The molecular formula is C15H25N3O2S. The van der Waals surface area contributed by atoms with Crippen molar-refractivity contribution in [2.24, 2.45) is 0 Å². The molecule has 1 aromatic rings. The second-order valence-corrected chi connectivity index (χ2v) is 6.83. The van der Waals surface area contributed by atoms with Crippen LogP contribution in [-0.2, 0) is 11.2 Å². The van der Waals surface area contributed by atoms with Crippen molar-refractivity contribution in [2.75, 3.05) is 18.1 Å². The Balaban J connectivity index is 2.25. The zero-order chi connectivity index (χ0) is 15.4. The van der Waals surface area contributed by atoms with E-state index in [2.05, 4.69) is 16.5 Å².